The maximum Gasteiger partial charge on any atom is 0.178 e. The lowest BCUT2D eigenvalue weighted by Gasteiger charge is -2.14. The van der Waals surface area contributed by atoms with Gasteiger partial charge in [-0.25, -0.2) is 0 Å². The zero-order chi connectivity index (χ0) is 12.7. The molecule has 0 saturated heterocycles. The summed E-state index contributed by atoms with van der Waals surface area (Å²) < 4.78 is 3.02. The monoisotopic (exact) mass is 298 g/mol. The van der Waals surface area contributed by atoms with E-state index in [4.69, 9.17) is 23.8 Å². The number of aromatic amines is 1. The maximum atomic E-state index is 6.33. The summed E-state index contributed by atoms with van der Waals surface area (Å²) in [5.74, 6) is 0. The third kappa shape index (κ3) is 2.00. The van der Waals surface area contributed by atoms with E-state index in [0.717, 1.165) is 26.1 Å². The van der Waals surface area contributed by atoms with Crippen LogP contribution >= 0.6 is 35.6 Å². The molecule has 1 aromatic heterocycles. The minimum atomic E-state index is 0.489. The molecule has 1 aliphatic carbocycles. The van der Waals surface area contributed by atoms with Crippen molar-refractivity contribution in [3.8, 4) is 0 Å². The highest BCUT2D eigenvalue weighted by Crippen LogP contribution is 2.39. The standard InChI is InChI=1S/C13H15ClN2S2/c1-18-9-6-5-8(7-9)16-12-10(14)3-2-4-11(12)15-13(16)17/h2-4,8-9H,5-7H2,1H3,(H,15,17). The zero-order valence-corrected chi connectivity index (χ0v) is 12.5. The van der Waals surface area contributed by atoms with E-state index in [1.807, 2.05) is 30.0 Å². The minimum Gasteiger partial charge on any atom is -0.331 e. The summed E-state index contributed by atoms with van der Waals surface area (Å²) in [6.45, 7) is 0. The first kappa shape index (κ1) is 12.6. The maximum absolute atomic E-state index is 6.33. The van der Waals surface area contributed by atoms with Gasteiger partial charge in [-0.05, 0) is 49.9 Å². The molecule has 18 heavy (non-hydrogen) atoms. The van der Waals surface area contributed by atoms with Crippen molar-refractivity contribution in [1.29, 1.82) is 0 Å². The van der Waals surface area contributed by atoms with Crippen molar-refractivity contribution in [2.24, 2.45) is 0 Å². The molecule has 3 rings (SSSR count). The van der Waals surface area contributed by atoms with Crippen LogP contribution in [0.1, 0.15) is 25.3 Å². The summed E-state index contributed by atoms with van der Waals surface area (Å²) in [4.78, 5) is 3.26. The van der Waals surface area contributed by atoms with Crippen LogP contribution in [0.4, 0.5) is 0 Å². The summed E-state index contributed by atoms with van der Waals surface area (Å²) in [5, 5.41) is 1.54. The first-order chi connectivity index (χ1) is 8.70. The molecule has 0 radical (unpaired) electrons. The number of nitrogens with one attached hydrogen (secondary N) is 1. The SMILES string of the molecule is CSC1CCC(n2c(=S)[nH]c3cccc(Cl)c32)C1. The number of benzene rings is 1. The molecule has 2 aromatic rings. The first-order valence-electron chi connectivity index (χ1n) is 6.12. The fourth-order valence-electron chi connectivity index (χ4n) is 2.85. The molecule has 1 N–H and O–H groups in total. The van der Waals surface area contributed by atoms with Gasteiger partial charge in [0.25, 0.3) is 0 Å². The van der Waals surface area contributed by atoms with E-state index in [1.54, 1.807) is 0 Å². The molecule has 96 valence electrons. The Morgan fingerprint density at radius 1 is 1.44 bits per heavy atom. The van der Waals surface area contributed by atoms with Crippen molar-refractivity contribution in [2.75, 3.05) is 6.26 Å². The van der Waals surface area contributed by atoms with Gasteiger partial charge in [0.1, 0.15) is 0 Å². The van der Waals surface area contributed by atoms with Gasteiger partial charge in [0.05, 0.1) is 16.1 Å². The number of H-pyrrole nitrogens is 1. The predicted molar refractivity (Wildman–Crippen MR) is 82.3 cm³/mol. The summed E-state index contributed by atoms with van der Waals surface area (Å²) >= 11 is 13.8. The molecule has 2 nitrogen and oxygen atoms in total. The quantitative estimate of drug-likeness (QED) is 0.803. The van der Waals surface area contributed by atoms with Crippen LogP contribution in [0.3, 0.4) is 0 Å². The number of rotatable bonds is 2. The van der Waals surface area contributed by atoms with Crippen molar-refractivity contribution >= 4 is 46.6 Å². The van der Waals surface area contributed by atoms with Crippen LogP contribution in [0.25, 0.3) is 11.0 Å². The Labute approximate surface area is 121 Å². The van der Waals surface area contributed by atoms with Gasteiger partial charge in [-0.1, -0.05) is 17.7 Å². The van der Waals surface area contributed by atoms with Gasteiger partial charge in [0, 0.05) is 11.3 Å². The third-order valence-corrected chi connectivity index (χ3v) is 5.44. The van der Waals surface area contributed by atoms with Crippen molar-refractivity contribution in [2.45, 2.75) is 30.6 Å². The van der Waals surface area contributed by atoms with Crippen LogP contribution in [-0.2, 0) is 0 Å². The number of imidazole rings is 1. The number of hydrogen-bond donors (Lipinski definition) is 1. The van der Waals surface area contributed by atoms with Crippen molar-refractivity contribution in [1.82, 2.24) is 9.55 Å². The lowest BCUT2D eigenvalue weighted by Crippen LogP contribution is -2.06. The molecule has 1 aromatic carbocycles. The highest BCUT2D eigenvalue weighted by molar-refractivity contribution is 7.99. The summed E-state index contributed by atoms with van der Waals surface area (Å²) in [6.07, 6.45) is 5.84. The van der Waals surface area contributed by atoms with E-state index >= 15 is 0 Å². The normalized spacial score (nSPS) is 23.9. The molecule has 1 aliphatic rings. The van der Waals surface area contributed by atoms with E-state index in [1.165, 1.54) is 19.3 Å². The number of nitrogens with zero attached hydrogens (tertiary/aromatic N) is 1. The molecule has 2 atom stereocenters. The van der Waals surface area contributed by atoms with Crippen molar-refractivity contribution in [3.63, 3.8) is 0 Å². The fourth-order valence-corrected chi connectivity index (χ4v) is 4.25. The highest BCUT2D eigenvalue weighted by atomic mass is 35.5. The van der Waals surface area contributed by atoms with Crippen molar-refractivity contribution < 1.29 is 0 Å². The molecule has 0 amide bonds. The van der Waals surface area contributed by atoms with E-state index < -0.39 is 0 Å². The van der Waals surface area contributed by atoms with E-state index in [-0.39, 0.29) is 0 Å². The molecule has 0 spiro atoms. The Morgan fingerprint density at radius 3 is 3.00 bits per heavy atom. The van der Waals surface area contributed by atoms with Gasteiger partial charge >= 0.3 is 0 Å². The average molecular weight is 299 g/mol. The molecular weight excluding hydrogens is 284 g/mol. The van der Waals surface area contributed by atoms with Gasteiger partial charge in [0.2, 0.25) is 0 Å². The second kappa shape index (κ2) is 4.91. The number of thioether (sulfide) groups is 1. The predicted octanol–water partition coefficient (Wildman–Crippen LogP) is 4.81. The van der Waals surface area contributed by atoms with Crippen LogP contribution < -0.4 is 0 Å². The van der Waals surface area contributed by atoms with Crippen LogP contribution in [0.5, 0.6) is 0 Å². The minimum absolute atomic E-state index is 0.489. The van der Waals surface area contributed by atoms with Gasteiger partial charge in [-0.2, -0.15) is 11.8 Å². The van der Waals surface area contributed by atoms with E-state index in [9.17, 15) is 0 Å². The van der Waals surface area contributed by atoms with Gasteiger partial charge in [-0.3, -0.25) is 0 Å². The average Bonchev–Trinajstić information content (AvgIpc) is 2.92. The number of para-hydroxylation sites is 1. The number of halogens is 1. The van der Waals surface area contributed by atoms with E-state index in [0.29, 0.717) is 6.04 Å². The Morgan fingerprint density at radius 2 is 2.28 bits per heavy atom. The number of hydrogen-bond acceptors (Lipinski definition) is 2. The number of aromatic nitrogens is 2. The van der Waals surface area contributed by atoms with Crippen LogP contribution in [-0.4, -0.2) is 21.1 Å². The Hall–Kier alpha value is -0.450. The molecule has 0 aliphatic heterocycles. The Kier molecular flexibility index (Phi) is 3.43. The first-order valence-corrected chi connectivity index (χ1v) is 8.19. The topological polar surface area (TPSA) is 20.7 Å². The van der Waals surface area contributed by atoms with Gasteiger partial charge < -0.3 is 9.55 Å². The lowest BCUT2D eigenvalue weighted by atomic mass is 10.2. The molecule has 1 saturated carbocycles. The number of fused-ring (bicyclic) bond motifs is 1. The molecule has 5 heteroatoms. The molecule has 0 bridgehead atoms. The summed E-state index contributed by atoms with van der Waals surface area (Å²) in [7, 11) is 0. The second-order valence-corrected chi connectivity index (χ2v) is 6.69. The van der Waals surface area contributed by atoms with Gasteiger partial charge in [0.15, 0.2) is 4.77 Å². The Balaban J connectivity index is 2.12. The molecular formula is C13H15ClN2S2. The zero-order valence-electron chi connectivity index (χ0n) is 10.1. The molecule has 1 heterocycles. The molecule has 1 fully saturated rings. The Bertz CT molecular complexity index is 631. The third-order valence-electron chi connectivity index (χ3n) is 3.74. The van der Waals surface area contributed by atoms with E-state index in [2.05, 4.69) is 15.8 Å². The lowest BCUT2D eigenvalue weighted by molar-refractivity contribution is 0.528. The van der Waals surface area contributed by atoms with Crippen molar-refractivity contribution in [3.05, 3.63) is 28.0 Å². The molecule has 2 unspecified atom stereocenters. The van der Waals surface area contributed by atoms with Gasteiger partial charge in [-0.15, -0.1) is 0 Å². The van der Waals surface area contributed by atoms with Crippen LogP contribution in [0, 0.1) is 4.77 Å². The summed E-state index contributed by atoms with van der Waals surface area (Å²) in [6, 6.07) is 6.42. The smallest absolute Gasteiger partial charge is 0.178 e. The second-order valence-electron chi connectivity index (χ2n) is 4.76. The largest absolute Gasteiger partial charge is 0.331 e. The van der Waals surface area contributed by atoms with Crippen LogP contribution in [0.15, 0.2) is 18.2 Å². The van der Waals surface area contributed by atoms with Crippen LogP contribution in [0.2, 0.25) is 5.02 Å². The highest BCUT2D eigenvalue weighted by Gasteiger charge is 2.27. The summed E-state index contributed by atoms with van der Waals surface area (Å²) in [5.41, 5.74) is 2.11. The fraction of sp³-hybridized carbons (Fsp3) is 0.462.